The minimum absolute atomic E-state index is 0.577. The fourth-order valence-corrected chi connectivity index (χ4v) is 0.789. The van der Waals surface area contributed by atoms with Crippen LogP contribution < -0.4 is 0 Å². The minimum atomic E-state index is 0.577. The third-order valence-corrected chi connectivity index (χ3v) is 1.37. The van der Waals surface area contributed by atoms with E-state index in [4.69, 9.17) is 0 Å². The van der Waals surface area contributed by atoms with E-state index in [0.29, 0.717) is 11.3 Å². The lowest BCUT2D eigenvalue weighted by atomic mass is 10.2. The standard InChI is InChI=1S/C6H12OS/c1-2-3-4-5-6-8-7/h6H,2-5H2,1H3. The quantitative estimate of drug-likeness (QED) is 0.419. The summed E-state index contributed by atoms with van der Waals surface area (Å²) in [6.45, 7) is 2.16. The SMILES string of the molecule is CCCCCC=S=O. The monoisotopic (exact) mass is 132 g/mol. The van der Waals surface area contributed by atoms with E-state index in [-0.39, 0.29) is 0 Å². The topological polar surface area (TPSA) is 17.1 Å². The lowest BCUT2D eigenvalue weighted by Gasteiger charge is -1.86. The molecule has 0 atom stereocenters. The molecule has 48 valence electrons. The molecule has 0 aliphatic carbocycles. The highest BCUT2D eigenvalue weighted by molar-refractivity contribution is 7.64. The molecule has 0 spiro atoms. The first kappa shape index (κ1) is 7.89. The van der Waals surface area contributed by atoms with Gasteiger partial charge in [0, 0.05) is 5.37 Å². The fourth-order valence-electron chi connectivity index (χ4n) is 0.526. The number of rotatable bonds is 4. The van der Waals surface area contributed by atoms with Gasteiger partial charge in [-0.25, -0.2) is 4.21 Å². The van der Waals surface area contributed by atoms with Crippen LogP contribution >= 0.6 is 0 Å². The Morgan fingerprint density at radius 3 is 2.75 bits per heavy atom. The van der Waals surface area contributed by atoms with E-state index in [2.05, 4.69) is 6.92 Å². The largest absolute Gasteiger partial charge is 0.213 e. The Bertz CT molecular complexity index is 84.5. The summed E-state index contributed by atoms with van der Waals surface area (Å²) < 4.78 is 9.75. The summed E-state index contributed by atoms with van der Waals surface area (Å²) in [5.41, 5.74) is 0. The van der Waals surface area contributed by atoms with Crippen LogP contribution in [0.25, 0.3) is 0 Å². The molecule has 1 nitrogen and oxygen atoms in total. The Morgan fingerprint density at radius 1 is 1.50 bits per heavy atom. The molecule has 0 aliphatic rings. The van der Waals surface area contributed by atoms with Gasteiger partial charge in [0.05, 0.1) is 11.3 Å². The lowest BCUT2D eigenvalue weighted by molar-refractivity contribution is 0.700. The maximum absolute atomic E-state index is 9.75. The summed E-state index contributed by atoms with van der Waals surface area (Å²) in [5.74, 6) is 0. The molecule has 2 heteroatoms. The van der Waals surface area contributed by atoms with E-state index in [1.807, 2.05) is 0 Å². The predicted molar refractivity (Wildman–Crippen MR) is 38.3 cm³/mol. The van der Waals surface area contributed by atoms with Crippen molar-refractivity contribution < 1.29 is 4.21 Å². The summed E-state index contributed by atoms with van der Waals surface area (Å²) in [5, 5.41) is 1.72. The first-order valence-corrected chi connectivity index (χ1v) is 3.82. The van der Waals surface area contributed by atoms with Crippen molar-refractivity contribution in [1.82, 2.24) is 0 Å². The fraction of sp³-hybridized carbons (Fsp3) is 0.833. The van der Waals surface area contributed by atoms with Crippen molar-refractivity contribution in [3.8, 4) is 0 Å². The molecule has 0 aromatic heterocycles. The van der Waals surface area contributed by atoms with Crippen LogP contribution in [0.2, 0.25) is 0 Å². The minimum Gasteiger partial charge on any atom is -0.213 e. The molecule has 0 aliphatic heterocycles. The van der Waals surface area contributed by atoms with Gasteiger partial charge in [0.1, 0.15) is 0 Å². The van der Waals surface area contributed by atoms with Gasteiger partial charge in [-0.2, -0.15) is 0 Å². The average molecular weight is 132 g/mol. The zero-order valence-electron chi connectivity index (χ0n) is 5.22. The molecule has 0 bridgehead atoms. The summed E-state index contributed by atoms with van der Waals surface area (Å²) in [6.07, 6.45) is 4.63. The van der Waals surface area contributed by atoms with Crippen molar-refractivity contribution in [2.45, 2.75) is 32.6 Å². The van der Waals surface area contributed by atoms with Crippen molar-refractivity contribution in [2.24, 2.45) is 0 Å². The maximum atomic E-state index is 9.75. The molecule has 0 saturated heterocycles. The van der Waals surface area contributed by atoms with Crippen molar-refractivity contribution >= 4 is 16.6 Å². The molecule has 0 unspecified atom stereocenters. The Labute approximate surface area is 54.2 Å². The molecular weight excluding hydrogens is 120 g/mol. The molecule has 0 N–H and O–H groups in total. The average Bonchev–Trinajstić information content (AvgIpc) is 1.81. The van der Waals surface area contributed by atoms with Gasteiger partial charge in [-0.15, -0.1) is 0 Å². The van der Waals surface area contributed by atoms with Crippen LogP contribution in [0.5, 0.6) is 0 Å². The van der Waals surface area contributed by atoms with Crippen LogP contribution in [0, 0.1) is 0 Å². The highest BCUT2D eigenvalue weighted by Crippen LogP contribution is 1.94. The van der Waals surface area contributed by atoms with Gasteiger partial charge in [0.15, 0.2) is 0 Å². The van der Waals surface area contributed by atoms with Crippen LogP contribution in [0.15, 0.2) is 0 Å². The van der Waals surface area contributed by atoms with Crippen molar-refractivity contribution in [3.05, 3.63) is 0 Å². The summed E-state index contributed by atoms with van der Waals surface area (Å²) >= 11 is 0.577. The van der Waals surface area contributed by atoms with E-state index in [1.165, 1.54) is 19.3 Å². The van der Waals surface area contributed by atoms with E-state index < -0.39 is 0 Å². The molecule has 8 heavy (non-hydrogen) atoms. The van der Waals surface area contributed by atoms with Crippen molar-refractivity contribution in [1.29, 1.82) is 0 Å². The van der Waals surface area contributed by atoms with Crippen LogP contribution in [-0.2, 0) is 11.3 Å². The van der Waals surface area contributed by atoms with E-state index in [9.17, 15) is 4.21 Å². The van der Waals surface area contributed by atoms with Crippen molar-refractivity contribution in [2.75, 3.05) is 0 Å². The second-order valence-corrected chi connectivity index (χ2v) is 2.28. The normalized spacial score (nSPS) is 8.62. The molecule has 0 aromatic carbocycles. The first-order valence-electron chi connectivity index (χ1n) is 3.02. The third kappa shape index (κ3) is 5.89. The van der Waals surface area contributed by atoms with Gasteiger partial charge in [-0.05, 0) is 12.8 Å². The number of unbranched alkanes of at least 4 members (excludes halogenated alkanes) is 3. The molecule has 0 fully saturated rings. The highest BCUT2D eigenvalue weighted by Gasteiger charge is 1.79. The second kappa shape index (κ2) is 6.89. The zero-order chi connectivity index (χ0) is 6.24. The molecule has 0 aromatic rings. The Hall–Kier alpha value is -0.110. The third-order valence-electron chi connectivity index (χ3n) is 0.994. The number of hydrogen-bond donors (Lipinski definition) is 0. The Morgan fingerprint density at radius 2 is 2.25 bits per heavy atom. The van der Waals surface area contributed by atoms with Crippen LogP contribution in [0.4, 0.5) is 0 Å². The maximum Gasteiger partial charge on any atom is 0.0841 e. The van der Waals surface area contributed by atoms with Crippen LogP contribution in [-0.4, -0.2) is 9.58 Å². The highest BCUT2D eigenvalue weighted by atomic mass is 32.1. The lowest BCUT2D eigenvalue weighted by Crippen LogP contribution is -1.74. The van der Waals surface area contributed by atoms with Crippen molar-refractivity contribution in [3.63, 3.8) is 0 Å². The molecule has 0 rings (SSSR count). The molecular formula is C6H12OS. The first-order chi connectivity index (χ1) is 3.91. The van der Waals surface area contributed by atoms with E-state index in [0.717, 1.165) is 6.42 Å². The van der Waals surface area contributed by atoms with Gasteiger partial charge >= 0.3 is 0 Å². The zero-order valence-corrected chi connectivity index (χ0v) is 6.04. The predicted octanol–water partition coefficient (Wildman–Crippen LogP) is 1.58. The van der Waals surface area contributed by atoms with Crippen LogP contribution in [0.3, 0.4) is 0 Å². The smallest absolute Gasteiger partial charge is 0.0841 e. The van der Waals surface area contributed by atoms with Gasteiger partial charge in [-0.1, -0.05) is 19.8 Å². The second-order valence-electron chi connectivity index (χ2n) is 1.76. The summed E-state index contributed by atoms with van der Waals surface area (Å²) in [4.78, 5) is 0. The van der Waals surface area contributed by atoms with E-state index in [1.54, 1.807) is 5.37 Å². The van der Waals surface area contributed by atoms with Gasteiger partial charge in [0.25, 0.3) is 0 Å². The molecule has 0 radical (unpaired) electrons. The number of hydrogen-bond acceptors (Lipinski definition) is 1. The van der Waals surface area contributed by atoms with Crippen LogP contribution in [0.1, 0.15) is 32.6 Å². The molecule has 0 amide bonds. The van der Waals surface area contributed by atoms with E-state index >= 15 is 0 Å². The van der Waals surface area contributed by atoms with Gasteiger partial charge < -0.3 is 0 Å². The Balaban J connectivity index is 2.82. The summed E-state index contributed by atoms with van der Waals surface area (Å²) in [7, 11) is 0. The molecule has 0 saturated carbocycles. The Kier molecular flexibility index (Phi) is 6.80. The molecule has 0 heterocycles. The summed E-state index contributed by atoms with van der Waals surface area (Å²) in [6, 6.07) is 0. The van der Waals surface area contributed by atoms with Gasteiger partial charge in [0.2, 0.25) is 0 Å². The van der Waals surface area contributed by atoms with Gasteiger partial charge in [-0.3, -0.25) is 0 Å².